The molecule has 0 radical (unpaired) electrons. The Labute approximate surface area is 318 Å². The summed E-state index contributed by atoms with van der Waals surface area (Å²) in [6.45, 7) is 19.4. The molecule has 0 spiro atoms. The van der Waals surface area contributed by atoms with Crippen LogP contribution in [0.5, 0.6) is 0 Å². The summed E-state index contributed by atoms with van der Waals surface area (Å²) in [5.41, 5.74) is 18.2. The monoisotopic (exact) mass is 696 g/mol. The number of aromatic nitrogens is 1. The zero-order valence-corrected chi connectivity index (χ0v) is 31.7. The third-order valence-corrected chi connectivity index (χ3v) is 11.6. The fourth-order valence-electron chi connectivity index (χ4n) is 9.00. The molecule has 54 heavy (non-hydrogen) atoms. The van der Waals surface area contributed by atoms with Crippen LogP contribution in [0.4, 0.5) is 17.1 Å². The van der Waals surface area contributed by atoms with E-state index in [2.05, 4.69) is 191 Å². The van der Waals surface area contributed by atoms with Gasteiger partial charge in [0.25, 0.3) is 0 Å². The zero-order chi connectivity index (χ0) is 37.3. The molecule has 1 aliphatic rings. The number of hydrogen-bond donors (Lipinski definition) is 0. The normalized spacial score (nSPS) is 13.3. The lowest BCUT2D eigenvalue weighted by molar-refractivity contribution is 0.660. The first kappa shape index (κ1) is 33.5. The van der Waals surface area contributed by atoms with Crippen molar-refractivity contribution < 1.29 is 0 Å². The number of aryl methyl sites for hydroxylation is 3. The summed E-state index contributed by atoms with van der Waals surface area (Å²) < 4.78 is 2.44. The van der Waals surface area contributed by atoms with Gasteiger partial charge in [-0.05, 0) is 125 Å². The van der Waals surface area contributed by atoms with E-state index < -0.39 is 0 Å². The Kier molecular flexibility index (Phi) is 7.83. The lowest BCUT2D eigenvalue weighted by Gasteiger charge is -2.31. The Morgan fingerprint density at radius 3 is 2.04 bits per heavy atom. The number of para-hydroxylation sites is 2. The molecule has 2 heteroatoms. The smallest absolute Gasteiger partial charge is 0.0543 e. The number of nitrogens with zero attached hydrogens (tertiary/aromatic N) is 2. The summed E-state index contributed by atoms with van der Waals surface area (Å²) in [5, 5.41) is 5.00. The van der Waals surface area contributed by atoms with Gasteiger partial charge in [0, 0.05) is 32.9 Å². The molecular formula is C52H44N2. The minimum absolute atomic E-state index is 0.251. The Hall–Kier alpha value is -6.38. The minimum atomic E-state index is -0.251. The molecule has 0 aliphatic heterocycles. The van der Waals surface area contributed by atoms with Crippen molar-refractivity contribution in [1.82, 2.24) is 4.57 Å². The fourth-order valence-corrected chi connectivity index (χ4v) is 9.00. The molecule has 0 atom stereocenters. The first-order valence-electron chi connectivity index (χ1n) is 18.8. The molecule has 7 aromatic carbocycles. The summed E-state index contributed by atoms with van der Waals surface area (Å²) in [6.07, 6.45) is 5.76. The van der Waals surface area contributed by atoms with E-state index in [-0.39, 0.29) is 5.41 Å². The highest BCUT2D eigenvalue weighted by Crippen LogP contribution is 2.55. The van der Waals surface area contributed by atoms with E-state index in [1.54, 1.807) is 0 Å². The number of allylic oxidation sites excluding steroid dienone is 4. The van der Waals surface area contributed by atoms with Crippen molar-refractivity contribution in [1.29, 1.82) is 0 Å². The van der Waals surface area contributed by atoms with Crippen molar-refractivity contribution in [2.24, 2.45) is 0 Å². The Balaban J connectivity index is 1.28. The van der Waals surface area contributed by atoms with Gasteiger partial charge in [0.05, 0.1) is 22.4 Å². The third kappa shape index (κ3) is 5.01. The average Bonchev–Trinajstić information content (AvgIpc) is 3.62. The van der Waals surface area contributed by atoms with E-state index >= 15 is 0 Å². The topological polar surface area (TPSA) is 8.17 Å². The Morgan fingerprint density at radius 2 is 1.31 bits per heavy atom. The second-order valence-corrected chi connectivity index (χ2v) is 15.3. The molecule has 1 heterocycles. The zero-order valence-electron chi connectivity index (χ0n) is 31.7. The maximum atomic E-state index is 4.08. The van der Waals surface area contributed by atoms with Crippen molar-refractivity contribution in [2.45, 2.75) is 40.0 Å². The van der Waals surface area contributed by atoms with Gasteiger partial charge in [-0.15, -0.1) is 0 Å². The van der Waals surface area contributed by atoms with Crippen LogP contribution in [0.15, 0.2) is 165 Å². The number of benzene rings is 7. The lowest BCUT2D eigenvalue weighted by Crippen LogP contribution is -2.18. The van der Waals surface area contributed by atoms with Crippen LogP contribution in [0.25, 0.3) is 55.0 Å². The molecule has 0 N–H and O–H groups in total. The van der Waals surface area contributed by atoms with Crippen LogP contribution in [0, 0.1) is 20.8 Å². The van der Waals surface area contributed by atoms with Crippen LogP contribution in [-0.4, -0.2) is 4.57 Å². The number of hydrogen-bond acceptors (Lipinski definition) is 1. The van der Waals surface area contributed by atoms with E-state index in [0.717, 1.165) is 16.8 Å². The molecule has 8 aromatic rings. The van der Waals surface area contributed by atoms with Gasteiger partial charge in [0.15, 0.2) is 0 Å². The first-order valence-corrected chi connectivity index (χ1v) is 18.8. The van der Waals surface area contributed by atoms with Crippen LogP contribution in [0.3, 0.4) is 0 Å². The van der Waals surface area contributed by atoms with Crippen molar-refractivity contribution in [3.63, 3.8) is 0 Å². The molecule has 0 fully saturated rings. The SMILES string of the molecule is C=C/C=C(\C=C)c1ccc2c(c1)c1cc(C)ccc1n2-c1ccc2c(c1)C(C)(C)c1cc(N(c3ccccc3)c3c(C)cccc3C)c3ccccc3c1-2. The number of anilines is 3. The summed E-state index contributed by atoms with van der Waals surface area (Å²) in [4.78, 5) is 2.48. The number of fused-ring (bicyclic) bond motifs is 8. The molecule has 0 saturated carbocycles. The van der Waals surface area contributed by atoms with Gasteiger partial charge in [-0.3, -0.25) is 0 Å². The van der Waals surface area contributed by atoms with E-state index in [4.69, 9.17) is 0 Å². The molecule has 262 valence electrons. The van der Waals surface area contributed by atoms with Crippen molar-refractivity contribution >= 4 is 55.2 Å². The second kappa shape index (κ2) is 12.6. The van der Waals surface area contributed by atoms with Crippen molar-refractivity contribution in [3.05, 3.63) is 198 Å². The van der Waals surface area contributed by atoms with Crippen LogP contribution >= 0.6 is 0 Å². The average molecular weight is 697 g/mol. The molecule has 1 aromatic heterocycles. The maximum Gasteiger partial charge on any atom is 0.0543 e. The van der Waals surface area contributed by atoms with Gasteiger partial charge in [0.1, 0.15) is 0 Å². The standard InChI is InChI=1S/C52H44N2/c1-8-16-36(9-2)37-24-28-48-44(30-37)43-29-33(3)23-27-47(43)53(48)39-25-26-42-45(31-39)52(6,7)46-32-49(40-21-13-14-22-41(40)50(42)46)54(38-19-11-10-12-20-38)51-34(4)17-15-18-35(51)5/h8-32H,1-2H2,3-7H3/b36-16+. The van der Waals surface area contributed by atoms with Crippen LogP contribution in [-0.2, 0) is 5.41 Å². The predicted octanol–water partition coefficient (Wildman–Crippen LogP) is 14.4. The van der Waals surface area contributed by atoms with Crippen molar-refractivity contribution in [2.75, 3.05) is 4.90 Å². The van der Waals surface area contributed by atoms with Gasteiger partial charge in [-0.1, -0.05) is 130 Å². The first-order chi connectivity index (χ1) is 26.2. The third-order valence-electron chi connectivity index (χ3n) is 11.6. The molecular weight excluding hydrogens is 653 g/mol. The highest BCUT2D eigenvalue weighted by molar-refractivity contribution is 6.12. The van der Waals surface area contributed by atoms with Gasteiger partial charge >= 0.3 is 0 Å². The molecule has 2 nitrogen and oxygen atoms in total. The molecule has 0 bridgehead atoms. The van der Waals surface area contributed by atoms with Crippen molar-refractivity contribution in [3.8, 4) is 16.8 Å². The van der Waals surface area contributed by atoms with Gasteiger partial charge in [-0.25, -0.2) is 0 Å². The van der Waals surface area contributed by atoms with E-state index in [1.807, 2.05) is 18.2 Å². The number of rotatable bonds is 7. The van der Waals surface area contributed by atoms with Gasteiger partial charge in [-0.2, -0.15) is 0 Å². The second-order valence-electron chi connectivity index (χ2n) is 15.3. The predicted molar refractivity (Wildman–Crippen MR) is 233 cm³/mol. The van der Waals surface area contributed by atoms with Crippen LogP contribution < -0.4 is 4.90 Å². The van der Waals surface area contributed by atoms with E-state index in [1.165, 1.54) is 88.6 Å². The van der Waals surface area contributed by atoms with Gasteiger partial charge in [0.2, 0.25) is 0 Å². The fraction of sp³-hybridized carbons (Fsp3) is 0.115. The molecule has 1 aliphatic carbocycles. The van der Waals surface area contributed by atoms with Crippen LogP contribution in [0.2, 0.25) is 0 Å². The summed E-state index contributed by atoms with van der Waals surface area (Å²) >= 11 is 0. The minimum Gasteiger partial charge on any atom is -0.309 e. The largest absolute Gasteiger partial charge is 0.309 e. The van der Waals surface area contributed by atoms with E-state index in [9.17, 15) is 0 Å². The summed E-state index contributed by atoms with van der Waals surface area (Å²) in [7, 11) is 0. The molecule has 0 unspecified atom stereocenters. The summed E-state index contributed by atoms with van der Waals surface area (Å²) in [5.74, 6) is 0. The Bertz CT molecular complexity index is 2840. The molecule has 9 rings (SSSR count). The highest BCUT2D eigenvalue weighted by Gasteiger charge is 2.38. The Morgan fingerprint density at radius 1 is 0.630 bits per heavy atom. The van der Waals surface area contributed by atoms with Gasteiger partial charge < -0.3 is 9.47 Å². The molecule has 0 amide bonds. The highest BCUT2D eigenvalue weighted by atomic mass is 15.1. The van der Waals surface area contributed by atoms with Crippen LogP contribution in [0.1, 0.15) is 47.2 Å². The lowest BCUT2D eigenvalue weighted by atomic mass is 9.81. The van der Waals surface area contributed by atoms with E-state index in [0.29, 0.717) is 0 Å². The maximum absolute atomic E-state index is 4.08. The quantitative estimate of drug-likeness (QED) is 0.151. The molecule has 0 saturated heterocycles. The summed E-state index contributed by atoms with van der Waals surface area (Å²) in [6, 6.07) is 49.6.